The fourth-order valence-corrected chi connectivity index (χ4v) is 2.16. The quantitative estimate of drug-likeness (QED) is 0.813. The summed E-state index contributed by atoms with van der Waals surface area (Å²) in [4.78, 5) is 19.2. The van der Waals surface area contributed by atoms with E-state index in [-0.39, 0.29) is 12.5 Å². The van der Waals surface area contributed by atoms with Crippen molar-refractivity contribution < 1.29 is 14.3 Å². The molecule has 6 nitrogen and oxygen atoms in total. The molecule has 2 heterocycles. The molecule has 0 aliphatic carbocycles. The molecule has 110 valence electrons. The summed E-state index contributed by atoms with van der Waals surface area (Å²) in [5.41, 5.74) is 0. The van der Waals surface area contributed by atoms with Gasteiger partial charge < -0.3 is 19.8 Å². The minimum absolute atomic E-state index is 0.149. The smallest absolute Gasteiger partial charge is 0.264 e. The lowest BCUT2D eigenvalue weighted by Crippen LogP contribution is -2.44. The summed E-state index contributed by atoms with van der Waals surface area (Å²) in [6.07, 6.45) is 4.54. The number of fused-ring (bicyclic) bond motifs is 1. The van der Waals surface area contributed by atoms with Gasteiger partial charge in [-0.1, -0.05) is 12.1 Å². The van der Waals surface area contributed by atoms with Gasteiger partial charge in [0.25, 0.3) is 5.91 Å². The molecule has 1 atom stereocenters. The number of nitrogens with zero attached hydrogens (tertiary/aromatic N) is 1. The van der Waals surface area contributed by atoms with Gasteiger partial charge in [0.05, 0.1) is 0 Å². The Labute approximate surface area is 122 Å². The summed E-state index contributed by atoms with van der Waals surface area (Å²) >= 11 is 0. The van der Waals surface area contributed by atoms with Crippen LogP contribution in [0.15, 0.2) is 36.7 Å². The Kier molecular flexibility index (Phi) is 4.04. The molecule has 0 bridgehead atoms. The normalized spacial score (nSPS) is 16.5. The third-order valence-electron chi connectivity index (χ3n) is 3.25. The van der Waals surface area contributed by atoms with Crippen molar-refractivity contribution in [2.45, 2.75) is 18.9 Å². The van der Waals surface area contributed by atoms with E-state index in [0.717, 1.165) is 18.7 Å². The van der Waals surface area contributed by atoms with E-state index in [1.807, 2.05) is 18.2 Å². The molecule has 1 aliphatic heterocycles. The molecule has 2 aromatic rings. The second-order valence-electron chi connectivity index (χ2n) is 4.79. The molecule has 0 radical (unpaired) electrons. The number of amides is 1. The van der Waals surface area contributed by atoms with Gasteiger partial charge in [0.15, 0.2) is 11.5 Å². The summed E-state index contributed by atoms with van der Waals surface area (Å²) in [6.45, 7) is 0.821. The number of nitrogens with one attached hydrogen (secondary N) is 2. The zero-order valence-corrected chi connectivity index (χ0v) is 11.5. The summed E-state index contributed by atoms with van der Waals surface area (Å²) in [7, 11) is 0. The van der Waals surface area contributed by atoms with E-state index in [1.54, 1.807) is 18.5 Å². The van der Waals surface area contributed by atoms with Crippen LogP contribution in [0, 0.1) is 0 Å². The van der Waals surface area contributed by atoms with Crippen LogP contribution in [0.2, 0.25) is 0 Å². The van der Waals surface area contributed by atoms with Crippen molar-refractivity contribution in [3.63, 3.8) is 0 Å². The molecule has 1 aliphatic rings. The molecule has 0 spiro atoms. The van der Waals surface area contributed by atoms with Crippen LogP contribution in [-0.4, -0.2) is 35.1 Å². The third-order valence-corrected chi connectivity index (χ3v) is 3.25. The van der Waals surface area contributed by atoms with Crippen molar-refractivity contribution in [1.29, 1.82) is 0 Å². The maximum atomic E-state index is 12.0. The lowest BCUT2D eigenvalue weighted by Gasteiger charge is -2.25. The predicted octanol–water partition coefficient (Wildman–Crippen LogP) is 1.30. The number of carbonyl (C=O) groups excluding carboxylic acids is 1. The van der Waals surface area contributed by atoms with Gasteiger partial charge in [0, 0.05) is 25.4 Å². The topological polar surface area (TPSA) is 76.2 Å². The van der Waals surface area contributed by atoms with E-state index >= 15 is 0 Å². The number of aryl methyl sites for hydroxylation is 1. The average molecular weight is 287 g/mol. The van der Waals surface area contributed by atoms with Crippen molar-refractivity contribution in [2.75, 3.05) is 13.2 Å². The number of carbonyl (C=O) groups is 1. The largest absolute Gasteiger partial charge is 0.485 e. The van der Waals surface area contributed by atoms with Crippen LogP contribution < -0.4 is 14.8 Å². The first-order valence-electron chi connectivity index (χ1n) is 6.97. The molecule has 0 fully saturated rings. The molecule has 1 aromatic carbocycles. The minimum Gasteiger partial charge on any atom is -0.485 e. The molecular formula is C15H17N3O3. The molecule has 1 unspecified atom stereocenters. The molecule has 1 aromatic heterocycles. The number of hydrogen-bond donors (Lipinski definition) is 2. The molecule has 2 N–H and O–H groups in total. The second kappa shape index (κ2) is 6.30. The van der Waals surface area contributed by atoms with Gasteiger partial charge in [0.1, 0.15) is 12.4 Å². The van der Waals surface area contributed by atoms with Gasteiger partial charge in [-0.25, -0.2) is 4.98 Å². The van der Waals surface area contributed by atoms with Gasteiger partial charge >= 0.3 is 0 Å². The maximum Gasteiger partial charge on any atom is 0.264 e. The maximum absolute atomic E-state index is 12.0. The number of H-pyrrole nitrogens is 1. The van der Waals surface area contributed by atoms with Crippen molar-refractivity contribution in [1.82, 2.24) is 15.3 Å². The number of hydrogen-bond acceptors (Lipinski definition) is 4. The third kappa shape index (κ3) is 3.34. The Balaban J connectivity index is 1.44. The van der Waals surface area contributed by atoms with E-state index in [4.69, 9.17) is 9.47 Å². The van der Waals surface area contributed by atoms with Gasteiger partial charge in [-0.3, -0.25) is 4.79 Å². The molecule has 1 amide bonds. The van der Waals surface area contributed by atoms with Gasteiger partial charge in [-0.15, -0.1) is 0 Å². The number of aromatic amines is 1. The van der Waals surface area contributed by atoms with Crippen LogP contribution in [0.4, 0.5) is 0 Å². The number of rotatable bonds is 5. The lowest BCUT2D eigenvalue weighted by atomic mass is 10.2. The van der Waals surface area contributed by atoms with Crippen molar-refractivity contribution in [2.24, 2.45) is 0 Å². The fraction of sp³-hybridized carbons (Fsp3) is 0.333. The van der Waals surface area contributed by atoms with Crippen molar-refractivity contribution >= 4 is 5.91 Å². The van der Waals surface area contributed by atoms with E-state index in [1.165, 1.54) is 0 Å². The Morgan fingerprint density at radius 1 is 1.38 bits per heavy atom. The average Bonchev–Trinajstić information content (AvgIpc) is 3.04. The van der Waals surface area contributed by atoms with E-state index in [0.29, 0.717) is 18.0 Å². The van der Waals surface area contributed by atoms with E-state index in [2.05, 4.69) is 15.3 Å². The summed E-state index contributed by atoms with van der Waals surface area (Å²) in [6, 6.07) is 7.35. The highest BCUT2D eigenvalue weighted by atomic mass is 16.6. The van der Waals surface area contributed by atoms with Crippen LogP contribution in [0.5, 0.6) is 11.5 Å². The molecule has 3 rings (SSSR count). The zero-order chi connectivity index (χ0) is 14.5. The summed E-state index contributed by atoms with van der Waals surface area (Å²) < 4.78 is 11.2. The molecule has 21 heavy (non-hydrogen) atoms. The molecular weight excluding hydrogens is 270 g/mol. The standard InChI is InChI=1S/C15H17N3O3/c19-15(18-7-3-6-14-16-8-9-17-14)13-10-20-11-4-1-2-5-12(11)21-13/h1-2,4-5,8-9,13H,3,6-7,10H2,(H,16,17)(H,18,19). The lowest BCUT2D eigenvalue weighted by molar-refractivity contribution is -0.130. The summed E-state index contributed by atoms with van der Waals surface area (Å²) in [5.74, 6) is 2.07. The highest BCUT2D eigenvalue weighted by Gasteiger charge is 2.26. The monoisotopic (exact) mass is 287 g/mol. The zero-order valence-electron chi connectivity index (χ0n) is 11.5. The number of imidazole rings is 1. The van der Waals surface area contributed by atoms with Crippen molar-refractivity contribution in [3.8, 4) is 11.5 Å². The Hall–Kier alpha value is -2.50. The SMILES string of the molecule is O=C(NCCCc1ncc[nH]1)C1COc2ccccc2O1. The van der Waals surface area contributed by atoms with Gasteiger partial charge in [-0.05, 0) is 18.6 Å². The van der Waals surface area contributed by atoms with Crippen LogP contribution in [0.1, 0.15) is 12.2 Å². The van der Waals surface area contributed by atoms with Crippen LogP contribution >= 0.6 is 0 Å². The Morgan fingerprint density at radius 2 is 2.24 bits per heavy atom. The fourth-order valence-electron chi connectivity index (χ4n) is 2.16. The highest BCUT2D eigenvalue weighted by molar-refractivity contribution is 5.81. The van der Waals surface area contributed by atoms with Gasteiger partial charge in [-0.2, -0.15) is 0 Å². The molecule has 0 saturated heterocycles. The molecule has 6 heteroatoms. The van der Waals surface area contributed by atoms with Gasteiger partial charge in [0.2, 0.25) is 6.10 Å². The highest BCUT2D eigenvalue weighted by Crippen LogP contribution is 2.30. The van der Waals surface area contributed by atoms with Crippen LogP contribution in [0.3, 0.4) is 0 Å². The first-order chi connectivity index (χ1) is 10.3. The molecule has 0 saturated carbocycles. The first kappa shape index (κ1) is 13.5. The number of ether oxygens (including phenoxy) is 2. The Morgan fingerprint density at radius 3 is 3.05 bits per heavy atom. The number of benzene rings is 1. The van der Waals surface area contributed by atoms with E-state index < -0.39 is 6.10 Å². The number of para-hydroxylation sites is 2. The predicted molar refractivity (Wildman–Crippen MR) is 76.3 cm³/mol. The van der Waals surface area contributed by atoms with Crippen LogP contribution in [0.25, 0.3) is 0 Å². The first-order valence-corrected chi connectivity index (χ1v) is 6.97. The second-order valence-corrected chi connectivity index (χ2v) is 4.79. The summed E-state index contributed by atoms with van der Waals surface area (Å²) in [5, 5.41) is 2.86. The van der Waals surface area contributed by atoms with Crippen LogP contribution in [-0.2, 0) is 11.2 Å². The van der Waals surface area contributed by atoms with E-state index in [9.17, 15) is 4.79 Å². The minimum atomic E-state index is -0.594. The Bertz CT molecular complexity index is 598. The number of aromatic nitrogens is 2. The van der Waals surface area contributed by atoms with Crippen molar-refractivity contribution in [3.05, 3.63) is 42.5 Å².